The number of aliphatic carboxylic acids is 2. The van der Waals surface area contributed by atoms with Crippen molar-refractivity contribution in [2.45, 2.75) is 52.5 Å². The second kappa shape index (κ2) is 8.91. The largest absolute Gasteiger partial charge is 0.481 e. The van der Waals surface area contributed by atoms with Crippen molar-refractivity contribution in [2.24, 2.45) is 5.92 Å². The molecule has 0 spiro atoms. The molecule has 0 radical (unpaired) electrons. The second-order valence-corrected chi connectivity index (χ2v) is 4.73. The molecule has 0 rings (SSSR count). The lowest BCUT2D eigenvalue weighted by atomic mass is 10.1. The minimum Gasteiger partial charge on any atom is -0.481 e. The maximum absolute atomic E-state index is 11.3. The van der Waals surface area contributed by atoms with Gasteiger partial charge in [-0.2, -0.15) is 0 Å². The summed E-state index contributed by atoms with van der Waals surface area (Å²) in [4.78, 5) is 23.9. The molecule has 0 saturated heterocycles. The predicted octanol–water partition coefficient (Wildman–Crippen LogP) is 2.06. The van der Waals surface area contributed by atoms with Gasteiger partial charge in [0, 0.05) is 6.54 Å². The highest BCUT2D eigenvalue weighted by atomic mass is 16.4. The molecule has 0 saturated carbocycles. The molecule has 0 aromatic heterocycles. The van der Waals surface area contributed by atoms with E-state index < -0.39 is 23.9 Å². The van der Waals surface area contributed by atoms with E-state index in [0.29, 0.717) is 19.5 Å². The third-order valence-corrected chi connectivity index (χ3v) is 3.02. The fraction of sp³-hybridized carbons (Fsp3) is 0.846. The highest BCUT2D eigenvalue weighted by Gasteiger charge is 2.27. The molecule has 0 aliphatic carbocycles. The number of nitrogens with zero attached hydrogens (tertiary/aromatic N) is 1. The fourth-order valence-corrected chi connectivity index (χ4v) is 1.90. The normalized spacial score (nSPS) is 14.4. The smallest absolute Gasteiger partial charge is 0.320 e. The Morgan fingerprint density at radius 1 is 1.11 bits per heavy atom. The Morgan fingerprint density at radius 3 is 2.11 bits per heavy atom. The monoisotopic (exact) mass is 259 g/mol. The summed E-state index contributed by atoms with van der Waals surface area (Å²) in [6.07, 6.45) is 3.20. The van der Waals surface area contributed by atoms with Crippen LogP contribution in [0, 0.1) is 5.92 Å². The summed E-state index contributed by atoms with van der Waals surface area (Å²) in [5.74, 6) is -2.27. The molecular formula is C13H25NO4. The van der Waals surface area contributed by atoms with Crippen LogP contribution >= 0.6 is 0 Å². The van der Waals surface area contributed by atoms with Gasteiger partial charge in [0.15, 0.2) is 0 Å². The van der Waals surface area contributed by atoms with Crippen LogP contribution in [-0.4, -0.2) is 46.2 Å². The highest BCUT2D eigenvalue weighted by Crippen LogP contribution is 2.12. The number of carbonyl (C=O) groups is 2. The lowest BCUT2D eigenvalue weighted by Crippen LogP contribution is -2.45. The van der Waals surface area contributed by atoms with Crippen molar-refractivity contribution >= 4 is 11.9 Å². The van der Waals surface area contributed by atoms with E-state index in [1.165, 1.54) is 0 Å². The van der Waals surface area contributed by atoms with Crippen molar-refractivity contribution in [3.63, 3.8) is 0 Å². The zero-order valence-corrected chi connectivity index (χ0v) is 11.6. The Labute approximate surface area is 109 Å². The van der Waals surface area contributed by atoms with Crippen LogP contribution in [0.1, 0.15) is 46.5 Å². The Balaban J connectivity index is 4.70. The second-order valence-electron chi connectivity index (χ2n) is 4.73. The molecule has 0 aliphatic heterocycles. The molecule has 2 atom stereocenters. The first-order valence-electron chi connectivity index (χ1n) is 6.63. The van der Waals surface area contributed by atoms with E-state index in [4.69, 9.17) is 5.11 Å². The highest BCUT2D eigenvalue weighted by molar-refractivity contribution is 5.74. The van der Waals surface area contributed by atoms with Crippen molar-refractivity contribution < 1.29 is 19.8 Å². The summed E-state index contributed by atoms with van der Waals surface area (Å²) >= 11 is 0. The summed E-state index contributed by atoms with van der Waals surface area (Å²) in [5, 5.41) is 18.2. The van der Waals surface area contributed by atoms with Crippen molar-refractivity contribution in [2.75, 3.05) is 13.1 Å². The maximum Gasteiger partial charge on any atom is 0.320 e. The first kappa shape index (κ1) is 16.9. The Kier molecular flexibility index (Phi) is 8.37. The number of carboxylic acid groups (broad SMARTS) is 2. The minimum absolute atomic E-state index is 0.298. The van der Waals surface area contributed by atoms with Gasteiger partial charge >= 0.3 is 11.9 Å². The molecule has 106 valence electrons. The van der Waals surface area contributed by atoms with Crippen molar-refractivity contribution in [1.82, 2.24) is 4.90 Å². The first-order valence-corrected chi connectivity index (χ1v) is 6.63. The molecule has 18 heavy (non-hydrogen) atoms. The van der Waals surface area contributed by atoms with Gasteiger partial charge in [-0.05, 0) is 19.4 Å². The van der Waals surface area contributed by atoms with E-state index in [0.717, 1.165) is 19.3 Å². The minimum atomic E-state index is -0.878. The van der Waals surface area contributed by atoms with Crippen LogP contribution in [0.4, 0.5) is 0 Å². The molecule has 0 heterocycles. The van der Waals surface area contributed by atoms with Crippen LogP contribution in [0.5, 0.6) is 0 Å². The van der Waals surface area contributed by atoms with Gasteiger partial charge in [-0.15, -0.1) is 0 Å². The Morgan fingerprint density at radius 2 is 1.72 bits per heavy atom. The van der Waals surface area contributed by atoms with Crippen molar-refractivity contribution in [1.29, 1.82) is 0 Å². The molecule has 0 fully saturated rings. The maximum atomic E-state index is 11.3. The van der Waals surface area contributed by atoms with Crippen LogP contribution in [0.25, 0.3) is 0 Å². The number of hydrogen-bond acceptors (Lipinski definition) is 3. The zero-order chi connectivity index (χ0) is 14.1. The molecule has 5 heteroatoms. The number of carboxylic acids is 2. The molecular weight excluding hydrogens is 234 g/mol. The van der Waals surface area contributed by atoms with Crippen LogP contribution in [0.15, 0.2) is 0 Å². The van der Waals surface area contributed by atoms with E-state index in [2.05, 4.69) is 0 Å². The van der Waals surface area contributed by atoms with Gasteiger partial charge in [0.1, 0.15) is 6.04 Å². The average molecular weight is 259 g/mol. The quantitative estimate of drug-likeness (QED) is 0.628. The summed E-state index contributed by atoms with van der Waals surface area (Å²) < 4.78 is 0. The zero-order valence-electron chi connectivity index (χ0n) is 11.6. The van der Waals surface area contributed by atoms with Gasteiger partial charge in [0.2, 0.25) is 0 Å². The Bertz CT molecular complexity index is 268. The first-order chi connectivity index (χ1) is 8.43. The van der Waals surface area contributed by atoms with Gasteiger partial charge in [-0.25, -0.2) is 0 Å². The van der Waals surface area contributed by atoms with Gasteiger partial charge < -0.3 is 10.2 Å². The predicted molar refractivity (Wildman–Crippen MR) is 69.6 cm³/mol. The van der Waals surface area contributed by atoms with Gasteiger partial charge in [0.25, 0.3) is 0 Å². The van der Waals surface area contributed by atoms with Gasteiger partial charge in [-0.3, -0.25) is 14.5 Å². The van der Waals surface area contributed by atoms with Gasteiger partial charge in [-0.1, -0.05) is 33.6 Å². The molecule has 0 aromatic carbocycles. The SMILES string of the molecule is CCCCN(CC(C)C(=O)O)C(CCC)C(=O)O. The van der Waals surface area contributed by atoms with Crippen molar-refractivity contribution in [3.8, 4) is 0 Å². The molecule has 2 unspecified atom stereocenters. The number of hydrogen-bond donors (Lipinski definition) is 2. The molecule has 0 amide bonds. The van der Waals surface area contributed by atoms with E-state index in [1.54, 1.807) is 11.8 Å². The van der Waals surface area contributed by atoms with E-state index in [9.17, 15) is 14.7 Å². The molecule has 0 aromatic rings. The number of unbranched alkanes of at least 4 members (excludes halogenated alkanes) is 1. The molecule has 5 nitrogen and oxygen atoms in total. The van der Waals surface area contributed by atoms with Gasteiger partial charge in [0.05, 0.1) is 5.92 Å². The standard InChI is InChI=1S/C13H25NO4/c1-4-6-8-14(9-10(3)12(15)16)11(7-5-2)13(17)18/h10-11H,4-9H2,1-3H3,(H,15,16)(H,17,18). The average Bonchev–Trinajstić information content (AvgIpc) is 2.30. The molecule has 2 N–H and O–H groups in total. The number of rotatable bonds is 10. The summed E-state index contributed by atoms with van der Waals surface area (Å²) in [7, 11) is 0. The van der Waals surface area contributed by atoms with Crippen LogP contribution in [0.2, 0.25) is 0 Å². The fourth-order valence-electron chi connectivity index (χ4n) is 1.90. The van der Waals surface area contributed by atoms with E-state index >= 15 is 0 Å². The summed E-state index contributed by atoms with van der Waals surface area (Å²) in [6.45, 7) is 6.53. The molecule has 0 aliphatic rings. The summed E-state index contributed by atoms with van der Waals surface area (Å²) in [5.41, 5.74) is 0. The topological polar surface area (TPSA) is 77.8 Å². The third-order valence-electron chi connectivity index (χ3n) is 3.02. The third kappa shape index (κ3) is 6.00. The van der Waals surface area contributed by atoms with E-state index in [-0.39, 0.29) is 0 Å². The van der Waals surface area contributed by atoms with Crippen LogP contribution in [-0.2, 0) is 9.59 Å². The lowest BCUT2D eigenvalue weighted by molar-refractivity contribution is -0.147. The Hall–Kier alpha value is -1.10. The molecule has 0 bridgehead atoms. The van der Waals surface area contributed by atoms with Crippen LogP contribution < -0.4 is 0 Å². The lowest BCUT2D eigenvalue weighted by Gasteiger charge is -2.30. The van der Waals surface area contributed by atoms with E-state index in [1.807, 2.05) is 13.8 Å². The summed E-state index contributed by atoms with van der Waals surface area (Å²) in [6, 6.07) is -0.566. The van der Waals surface area contributed by atoms with Crippen LogP contribution in [0.3, 0.4) is 0 Å². The van der Waals surface area contributed by atoms with Crippen molar-refractivity contribution in [3.05, 3.63) is 0 Å².